The van der Waals surface area contributed by atoms with E-state index < -0.39 is 5.97 Å². The highest BCUT2D eigenvalue weighted by molar-refractivity contribution is 6.16. The zero-order valence-electron chi connectivity index (χ0n) is 16.9. The lowest BCUT2D eigenvalue weighted by atomic mass is 9.99. The molecule has 0 aromatic heterocycles. The Hall–Kier alpha value is -2.83. The molecule has 2 aromatic carbocycles. The molecule has 1 aliphatic rings. The number of hydrogen-bond acceptors (Lipinski definition) is 5. The van der Waals surface area contributed by atoms with Gasteiger partial charge in [0.15, 0.2) is 0 Å². The number of allylic oxidation sites excluding steroid dienone is 1. The fourth-order valence-corrected chi connectivity index (χ4v) is 3.36. The van der Waals surface area contributed by atoms with Crippen LogP contribution in [0.25, 0.3) is 5.57 Å². The van der Waals surface area contributed by atoms with Gasteiger partial charge in [-0.05, 0) is 35.7 Å². The summed E-state index contributed by atoms with van der Waals surface area (Å²) in [5.74, 6) is 0.0941. The van der Waals surface area contributed by atoms with Crippen molar-refractivity contribution in [2.24, 2.45) is 0 Å². The number of carbonyl (C=O) groups is 1. The summed E-state index contributed by atoms with van der Waals surface area (Å²) in [7, 11) is 1.47. The van der Waals surface area contributed by atoms with Crippen molar-refractivity contribution in [2.45, 2.75) is 20.1 Å². The normalized spacial score (nSPS) is 15.5. The molecule has 29 heavy (non-hydrogen) atoms. The van der Waals surface area contributed by atoms with E-state index in [2.05, 4.69) is 11.0 Å². The zero-order valence-corrected chi connectivity index (χ0v) is 16.9. The maximum atomic E-state index is 11.8. The van der Waals surface area contributed by atoms with Gasteiger partial charge in [-0.3, -0.25) is 4.90 Å². The van der Waals surface area contributed by atoms with Crippen LogP contribution < -0.4 is 4.74 Å². The molecule has 3 rings (SSSR count). The molecule has 1 N–H and O–H groups in total. The van der Waals surface area contributed by atoms with Gasteiger partial charge < -0.3 is 19.3 Å². The van der Waals surface area contributed by atoms with Gasteiger partial charge in [0.25, 0.3) is 0 Å². The van der Waals surface area contributed by atoms with Crippen LogP contribution in [0.3, 0.4) is 0 Å². The van der Waals surface area contributed by atoms with Gasteiger partial charge in [0, 0.05) is 19.6 Å². The molecule has 1 heterocycles. The predicted octanol–water partition coefficient (Wildman–Crippen LogP) is 3.56. The number of ether oxygens (including phenoxy) is 3. The SMILES string of the molecule is CO/C(C)=C(/C(=O)O)c1ccccc1COc1cccc(CN2CCOCC2)c1. The smallest absolute Gasteiger partial charge is 0.339 e. The first kappa shape index (κ1) is 20.9. The second kappa shape index (κ2) is 10.1. The molecule has 0 spiro atoms. The summed E-state index contributed by atoms with van der Waals surface area (Å²) < 4.78 is 16.6. The molecule has 6 nitrogen and oxygen atoms in total. The van der Waals surface area contributed by atoms with Gasteiger partial charge in [0.1, 0.15) is 23.7 Å². The first-order chi connectivity index (χ1) is 14.1. The van der Waals surface area contributed by atoms with Gasteiger partial charge in [-0.2, -0.15) is 0 Å². The fourth-order valence-electron chi connectivity index (χ4n) is 3.36. The third-order valence-corrected chi connectivity index (χ3v) is 4.96. The summed E-state index contributed by atoms with van der Waals surface area (Å²) in [6, 6.07) is 15.4. The average molecular weight is 397 g/mol. The number of carboxylic acid groups (broad SMARTS) is 1. The van der Waals surface area contributed by atoms with Crippen LogP contribution in [-0.2, 0) is 27.4 Å². The van der Waals surface area contributed by atoms with Crippen molar-refractivity contribution in [2.75, 3.05) is 33.4 Å². The Labute approximate surface area is 171 Å². The van der Waals surface area contributed by atoms with Gasteiger partial charge in [-0.1, -0.05) is 36.4 Å². The number of methoxy groups -OCH3 is 1. The van der Waals surface area contributed by atoms with Crippen LogP contribution in [0.2, 0.25) is 0 Å². The van der Waals surface area contributed by atoms with Crippen molar-refractivity contribution >= 4 is 11.5 Å². The van der Waals surface area contributed by atoms with E-state index in [0.29, 0.717) is 11.3 Å². The molecule has 6 heteroatoms. The zero-order chi connectivity index (χ0) is 20.6. The molecule has 0 bridgehead atoms. The largest absolute Gasteiger partial charge is 0.500 e. The number of rotatable bonds is 8. The van der Waals surface area contributed by atoms with Crippen LogP contribution in [0, 0.1) is 0 Å². The highest BCUT2D eigenvalue weighted by atomic mass is 16.5. The molecule has 0 saturated carbocycles. The summed E-state index contributed by atoms with van der Waals surface area (Å²) in [6.45, 7) is 6.18. The van der Waals surface area contributed by atoms with E-state index in [0.717, 1.165) is 44.2 Å². The summed E-state index contributed by atoms with van der Waals surface area (Å²) in [4.78, 5) is 14.1. The molecule has 1 fully saturated rings. The third kappa shape index (κ3) is 5.59. The van der Waals surface area contributed by atoms with Crippen molar-refractivity contribution in [1.82, 2.24) is 4.90 Å². The van der Waals surface area contributed by atoms with E-state index >= 15 is 0 Å². The number of carboxylic acids is 1. The quantitative estimate of drug-likeness (QED) is 0.543. The van der Waals surface area contributed by atoms with Crippen molar-refractivity contribution in [3.05, 3.63) is 71.0 Å². The Morgan fingerprint density at radius 2 is 1.90 bits per heavy atom. The molecule has 154 valence electrons. The summed E-state index contributed by atoms with van der Waals surface area (Å²) >= 11 is 0. The fraction of sp³-hybridized carbons (Fsp3) is 0.348. The van der Waals surface area contributed by atoms with E-state index in [4.69, 9.17) is 14.2 Å². The molecule has 0 amide bonds. The number of benzene rings is 2. The molecule has 1 saturated heterocycles. The Morgan fingerprint density at radius 1 is 1.14 bits per heavy atom. The first-order valence-electron chi connectivity index (χ1n) is 9.66. The highest BCUT2D eigenvalue weighted by Gasteiger charge is 2.18. The molecular formula is C23H27NO5. The second-order valence-corrected chi connectivity index (χ2v) is 6.92. The Bertz CT molecular complexity index is 871. The summed E-state index contributed by atoms with van der Waals surface area (Å²) in [5, 5.41) is 9.64. The standard InChI is InChI=1S/C23H27NO5/c1-17(27-2)22(23(25)26)21-9-4-3-7-19(21)16-29-20-8-5-6-18(14-20)15-24-10-12-28-13-11-24/h3-9,14H,10-13,15-16H2,1-2H3,(H,25,26)/b22-17+. The number of morpholine rings is 1. The lowest BCUT2D eigenvalue weighted by Gasteiger charge is -2.26. The van der Waals surface area contributed by atoms with Gasteiger partial charge in [0.2, 0.25) is 0 Å². The van der Waals surface area contributed by atoms with Crippen LogP contribution in [0.5, 0.6) is 5.75 Å². The van der Waals surface area contributed by atoms with E-state index in [9.17, 15) is 9.90 Å². The number of aliphatic carboxylic acids is 1. The van der Waals surface area contributed by atoms with E-state index in [-0.39, 0.29) is 12.2 Å². The summed E-state index contributed by atoms with van der Waals surface area (Å²) in [6.07, 6.45) is 0. The monoisotopic (exact) mass is 397 g/mol. The van der Waals surface area contributed by atoms with Crippen molar-refractivity contribution in [3.63, 3.8) is 0 Å². The van der Waals surface area contributed by atoms with E-state index in [1.54, 1.807) is 13.0 Å². The third-order valence-electron chi connectivity index (χ3n) is 4.96. The molecule has 0 unspecified atom stereocenters. The Morgan fingerprint density at radius 3 is 2.62 bits per heavy atom. The van der Waals surface area contributed by atoms with Gasteiger partial charge in [-0.25, -0.2) is 4.79 Å². The summed E-state index contributed by atoms with van der Waals surface area (Å²) in [5.41, 5.74) is 2.72. The minimum absolute atomic E-state index is 0.146. The molecule has 2 aromatic rings. The van der Waals surface area contributed by atoms with Crippen molar-refractivity contribution < 1.29 is 24.1 Å². The van der Waals surface area contributed by atoms with Gasteiger partial charge in [0.05, 0.1) is 20.3 Å². The maximum absolute atomic E-state index is 11.8. The highest BCUT2D eigenvalue weighted by Crippen LogP contribution is 2.25. The van der Waals surface area contributed by atoms with Gasteiger partial charge >= 0.3 is 5.97 Å². The molecular weight excluding hydrogens is 370 g/mol. The predicted molar refractivity (Wildman–Crippen MR) is 111 cm³/mol. The topological polar surface area (TPSA) is 68.2 Å². The number of hydrogen-bond donors (Lipinski definition) is 1. The van der Waals surface area contributed by atoms with Crippen LogP contribution in [-0.4, -0.2) is 49.4 Å². The van der Waals surface area contributed by atoms with Crippen LogP contribution >= 0.6 is 0 Å². The minimum Gasteiger partial charge on any atom is -0.500 e. The molecule has 1 aliphatic heterocycles. The van der Waals surface area contributed by atoms with E-state index in [1.807, 2.05) is 36.4 Å². The lowest BCUT2D eigenvalue weighted by Crippen LogP contribution is -2.35. The Kier molecular flexibility index (Phi) is 7.27. The van der Waals surface area contributed by atoms with Crippen LogP contribution in [0.4, 0.5) is 0 Å². The first-order valence-corrected chi connectivity index (χ1v) is 9.66. The minimum atomic E-state index is -1.02. The average Bonchev–Trinajstić information content (AvgIpc) is 2.74. The maximum Gasteiger partial charge on any atom is 0.339 e. The molecule has 0 atom stereocenters. The molecule has 0 radical (unpaired) electrons. The Balaban J connectivity index is 1.74. The lowest BCUT2D eigenvalue weighted by molar-refractivity contribution is -0.130. The number of nitrogens with zero attached hydrogens (tertiary/aromatic N) is 1. The van der Waals surface area contributed by atoms with Crippen molar-refractivity contribution in [1.29, 1.82) is 0 Å². The van der Waals surface area contributed by atoms with Crippen molar-refractivity contribution in [3.8, 4) is 5.75 Å². The van der Waals surface area contributed by atoms with Gasteiger partial charge in [-0.15, -0.1) is 0 Å². The van der Waals surface area contributed by atoms with Crippen LogP contribution in [0.15, 0.2) is 54.3 Å². The van der Waals surface area contributed by atoms with Crippen LogP contribution in [0.1, 0.15) is 23.6 Å². The van der Waals surface area contributed by atoms with E-state index in [1.165, 1.54) is 12.7 Å². The second-order valence-electron chi connectivity index (χ2n) is 6.92. The molecule has 0 aliphatic carbocycles.